The van der Waals surface area contributed by atoms with Crippen LogP contribution in [-0.2, 0) is 4.79 Å². The molecule has 2 heterocycles. The van der Waals surface area contributed by atoms with Crippen molar-refractivity contribution >= 4 is 33.3 Å². The van der Waals surface area contributed by atoms with E-state index in [-0.39, 0.29) is 12.2 Å². The molecule has 1 aliphatic rings. The number of aliphatic carboxylic acids is 1. The number of rotatable bonds is 4. The number of nitrogens with zero attached hydrogens (tertiary/aromatic N) is 4. The van der Waals surface area contributed by atoms with Gasteiger partial charge in [-0.2, -0.15) is 0 Å². The van der Waals surface area contributed by atoms with Gasteiger partial charge < -0.3 is 10.0 Å². The number of halogens is 1. The lowest BCUT2D eigenvalue weighted by Crippen LogP contribution is -2.34. The summed E-state index contributed by atoms with van der Waals surface area (Å²) in [6.07, 6.45) is 3.52. The highest BCUT2D eigenvalue weighted by Crippen LogP contribution is 2.35. The van der Waals surface area contributed by atoms with Crippen LogP contribution in [0.3, 0.4) is 0 Å². The fourth-order valence-corrected chi connectivity index (χ4v) is 2.98. The van der Waals surface area contributed by atoms with Gasteiger partial charge in [-0.25, -0.2) is 0 Å². The molecule has 1 saturated heterocycles. The zero-order valence-electron chi connectivity index (χ0n) is 11.2. The Balaban J connectivity index is 2.19. The Kier molecular flexibility index (Phi) is 5.07. The van der Waals surface area contributed by atoms with E-state index in [9.17, 15) is 14.9 Å². The predicted molar refractivity (Wildman–Crippen MR) is 79.5 cm³/mol. The number of carboxylic acid groups (broad SMARTS) is 1. The summed E-state index contributed by atoms with van der Waals surface area (Å²) in [5.74, 6) is -0.862. The van der Waals surface area contributed by atoms with E-state index >= 15 is 0 Å². The van der Waals surface area contributed by atoms with Gasteiger partial charge in [-0.3, -0.25) is 24.8 Å². The summed E-state index contributed by atoms with van der Waals surface area (Å²) in [5.41, 5.74) is 0.461. The van der Waals surface area contributed by atoms with Gasteiger partial charge in [0.25, 0.3) is 0 Å². The Hall–Kier alpha value is -1.74. The third-order valence-electron chi connectivity index (χ3n) is 3.31. The summed E-state index contributed by atoms with van der Waals surface area (Å²) in [4.78, 5) is 29.0. The van der Waals surface area contributed by atoms with E-state index in [4.69, 9.17) is 5.11 Å². The Morgan fingerprint density at radius 3 is 2.81 bits per heavy atom. The van der Waals surface area contributed by atoms with Gasteiger partial charge in [-0.05, 0) is 22.4 Å². The molecule has 2 rings (SSSR count). The summed E-state index contributed by atoms with van der Waals surface area (Å²) in [6, 6.07) is 0. The third kappa shape index (κ3) is 3.88. The molecule has 0 unspecified atom stereocenters. The minimum Gasteiger partial charge on any atom is -0.480 e. The van der Waals surface area contributed by atoms with Crippen molar-refractivity contribution in [2.75, 3.05) is 37.6 Å². The second-order valence-corrected chi connectivity index (χ2v) is 5.61. The average Bonchev–Trinajstić information content (AvgIpc) is 2.63. The second kappa shape index (κ2) is 6.81. The van der Waals surface area contributed by atoms with Gasteiger partial charge in [0, 0.05) is 32.4 Å². The Labute approximate surface area is 129 Å². The van der Waals surface area contributed by atoms with Gasteiger partial charge >= 0.3 is 11.7 Å². The number of carboxylic acids is 1. The molecular weight excluding hydrogens is 344 g/mol. The summed E-state index contributed by atoms with van der Waals surface area (Å²) in [5, 5.41) is 20.0. The van der Waals surface area contributed by atoms with Crippen molar-refractivity contribution in [1.82, 2.24) is 9.88 Å². The van der Waals surface area contributed by atoms with Crippen molar-refractivity contribution in [1.29, 1.82) is 0 Å². The minimum atomic E-state index is -0.862. The number of hydrogen-bond acceptors (Lipinski definition) is 6. The molecule has 0 aliphatic carbocycles. The molecule has 0 spiro atoms. The first-order valence-corrected chi connectivity index (χ1v) is 7.25. The van der Waals surface area contributed by atoms with Crippen LogP contribution in [0.25, 0.3) is 0 Å². The average molecular weight is 359 g/mol. The lowest BCUT2D eigenvalue weighted by Gasteiger charge is -2.23. The van der Waals surface area contributed by atoms with Crippen LogP contribution < -0.4 is 4.90 Å². The topological polar surface area (TPSA) is 99.8 Å². The van der Waals surface area contributed by atoms with Crippen molar-refractivity contribution in [3.05, 3.63) is 27.0 Å². The SMILES string of the molecule is O=C(O)CN1CCCN(c2c(Br)cncc2[N+](=O)[O-])CC1. The second-order valence-electron chi connectivity index (χ2n) is 4.76. The summed E-state index contributed by atoms with van der Waals surface area (Å²) in [7, 11) is 0. The maximum absolute atomic E-state index is 11.1. The molecule has 0 saturated carbocycles. The first-order chi connectivity index (χ1) is 9.99. The maximum atomic E-state index is 11.1. The monoisotopic (exact) mass is 358 g/mol. The van der Waals surface area contributed by atoms with Crippen LogP contribution in [-0.4, -0.2) is 58.6 Å². The molecule has 1 N–H and O–H groups in total. The van der Waals surface area contributed by atoms with Crippen LogP contribution in [0.15, 0.2) is 16.9 Å². The first kappa shape index (κ1) is 15.6. The molecule has 8 nitrogen and oxygen atoms in total. The van der Waals surface area contributed by atoms with E-state index in [1.165, 1.54) is 12.4 Å². The van der Waals surface area contributed by atoms with E-state index < -0.39 is 10.9 Å². The molecule has 1 aromatic rings. The first-order valence-electron chi connectivity index (χ1n) is 6.46. The summed E-state index contributed by atoms with van der Waals surface area (Å²) >= 11 is 3.32. The van der Waals surface area contributed by atoms with E-state index in [0.717, 1.165) is 6.42 Å². The summed E-state index contributed by atoms with van der Waals surface area (Å²) in [6.45, 7) is 2.39. The molecule has 21 heavy (non-hydrogen) atoms. The number of anilines is 1. The van der Waals surface area contributed by atoms with Crippen LogP contribution in [0.1, 0.15) is 6.42 Å². The standard InChI is InChI=1S/C12H15BrN4O4/c13-9-6-14-7-10(17(20)21)12(9)16-3-1-2-15(4-5-16)8-11(18)19/h6-7H,1-5,8H2,(H,18,19). The van der Waals surface area contributed by atoms with Gasteiger partial charge in [-0.1, -0.05) is 0 Å². The Morgan fingerprint density at radius 1 is 1.38 bits per heavy atom. The van der Waals surface area contributed by atoms with Crippen LogP contribution in [0.2, 0.25) is 0 Å². The van der Waals surface area contributed by atoms with E-state index in [1.54, 1.807) is 0 Å². The number of hydrogen-bond donors (Lipinski definition) is 1. The molecule has 1 fully saturated rings. The van der Waals surface area contributed by atoms with E-state index in [1.807, 2.05) is 9.80 Å². The van der Waals surface area contributed by atoms with Crippen molar-refractivity contribution in [3.8, 4) is 0 Å². The molecule has 9 heteroatoms. The fraction of sp³-hybridized carbons (Fsp3) is 0.500. The van der Waals surface area contributed by atoms with Crippen LogP contribution >= 0.6 is 15.9 Å². The van der Waals surface area contributed by atoms with Gasteiger partial charge in [0.2, 0.25) is 0 Å². The molecular formula is C12H15BrN4O4. The highest BCUT2D eigenvalue weighted by molar-refractivity contribution is 9.10. The summed E-state index contributed by atoms with van der Waals surface area (Å²) < 4.78 is 0.573. The molecule has 114 valence electrons. The molecule has 0 bridgehead atoms. The molecule has 0 atom stereocenters. The molecule has 1 aromatic heterocycles. The van der Waals surface area contributed by atoms with Gasteiger partial charge in [0.05, 0.1) is 15.9 Å². The lowest BCUT2D eigenvalue weighted by atomic mass is 10.3. The number of pyridine rings is 1. The van der Waals surface area contributed by atoms with Crippen molar-refractivity contribution in [2.24, 2.45) is 0 Å². The van der Waals surface area contributed by atoms with Gasteiger partial charge in [-0.15, -0.1) is 0 Å². The molecule has 0 radical (unpaired) electrons. The Morgan fingerprint density at radius 2 is 2.14 bits per heavy atom. The smallest absolute Gasteiger partial charge is 0.317 e. The van der Waals surface area contributed by atoms with Gasteiger partial charge in [0.1, 0.15) is 11.9 Å². The quantitative estimate of drug-likeness (QED) is 0.640. The minimum absolute atomic E-state index is 0.00650. The van der Waals surface area contributed by atoms with Crippen LogP contribution in [0, 0.1) is 10.1 Å². The number of carbonyl (C=O) groups is 1. The van der Waals surface area contributed by atoms with E-state index in [2.05, 4.69) is 20.9 Å². The van der Waals surface area contributed by atoms with E-state index in [0.29, 0.717) is 36.3 Å². The zero-order chi connectivity index (χ0) is 15.4. The van der Waals surface area contributed by atoms with Crippen LogP contribution in [0.5, 0.6) is 0 Å². The Bertz CT molecular complexity index is 554. The molecule has 0 amide bonds. The van der Waals surface area contributed by atoms with Crippen LogP contribution in [0.4, 0.5) is 11.4 Å². The fourth-order valence-electron chi connectivity index (χ4n) is 2.41. The maximum Gasteiger partial charge on any atom is 0.317 e. The normalized spacial score (nSPS) is 16.5. The predicted octanol–water partition coefficient (Wildman–Crippen LogP) is 1.35. The molecule has 1 aliphatic heterocycles. The lowest BCUT2D eigenvalue weighted by molar-refractivity contribution is -0.384. The third-order valence-corrected chi connectivity index (χ3v) is 3.89. The number of aromatic nitrogens is 1. The largest absolute Gasteiger partial charge is 0.480 e. The highest BCUT2D eigenvalue weighted by Gasteiger charge is 2.25. The van der Waals surface area contributed by atoms with Crippen molar-refractivity contribution in [3.63, 3.8) is 0 Å². The van der Waals surface area contributed by atoms with Crippen molar-refractivity contribution < 1.29 is 14.8 Å². The highest BCUT2D eigenvalue weighted by atomic mass is 79.9. The van der Waals surface area contributed by atoms with Gasteiger partial charge in [0.15, 0.2) is 0 Å². The zero-order valence-corrected chi connectivity index (χ0v) is 12.8. The number of nitro groups is 1. The van der Waals surface area contributed by atoms with Crippen molar-refractivity contribution in [2.45, 2.75) is 6.42 Å². The molecule has 0 aromatic carbocycles.